The van der Waals surface area contributed by atoms with E-state index in [2.05, 4.69) is 0 Å². The normalized spacial score (nSPS) is 14.6. The van der Waals surface area contributed by atoms with E-state index in [4.69, 9.17) is 9.88 Å². The number of primary sulfonamides is 1. The molecule has 0 radical (unpaired) electrons. The summed E-state index contributed by atoms with van der Waals surface area (Å²) in [5, 5.41) is 5.16. The van der Waals surface area contributed by atoms with Crippen LogP contribution in [0.2, 0.25) is 0 Å². The molecule has 1 fully saturated rings. The number of hydrogen-bond donors (Lipinski definition) is 1. The van der Waals surface area contributed by atoms with Crippen molar-refractivity contribution in [3.63, 3.8) is 0 Å². The van der Waals surface area contributed by atoms with Crippen molar-refractivity contribution in [2.75, 3.05) is 33.3 Å². The number of hydrogen-bond acceptors (Lipinski definition) is 5. The molecule has 148 valence electrons. The summed E-state index contributed by atoms with van der Waals surface area (Å²) in [7, 11) is -2.54. The number of amides is 2. The summed E-state index contributed by atoms with van der Waals surface area (Å²) in [4.78, 5) is 28.5. The van der Waals surface area contributed by atoms with Gasteiger partial charge < -0.3 is 14.5 Å². The van der Waals surface area contributed by atoms with Gasteiger partial charge in [-0.25, -0.2) is 13.6 Å². The fourth-order valence-corrected chi connectivity index (χ4v) is 3.62. The first-order valence-corrected chi connectivity index (χ1v) is 10.2. The van der Waals surface area contributed by atoms with Gasteiger partial charge in [0.2, 0.25) is 10.0 Å². The topological polar surface area (TPSA) is 110 Å². The van der Waals surface area contributed by atoms with Crippen LogP contribution in [-0.2, 0) is 10.0 Å². The van der Waals surface area contributed by atoms with Gasteiger partial charge in [0.1, 0.15) is 5.75 Å². The molecule has 9 heteroatoms. The lowest BCUT2D eigenvalue weighted by atomic mass is 10.1. The van der Waals surface area contributed by atoms with E-state index in [0.717, 1.165) is 0 Å². The molecule has 2 N–H and O–H groups in total. The zero-order valence-electron chi connectivity index (χ0n) is 15.4. The van der Waals surface area contributed by atoms with Gasteiger partial charge in [-0.2, -0.15) is 0 Å². The minimum Gasteiger partial charge on any atom is -0.496 e. The third-order valence-electron chi connectivity index (χ3n) is 4.60. The van der Waals surface area contributed by atoms with Gasteiger partial charge in [-0.1, -0.05) is 18.2 Å². The van der Waals surface area contributed by atoms with E-state index in [1.54, 1.807) is 34.1 Å². The molecule has 0 spiro atoms. The van der Waals surface area contributed by atoms with Crippen LogP contribution in [0.1, 0.15) is 20.7 Å². The summed E-state index contributed by atoms with van der Waals surface area (Å²) in [5.74, 6) is -0.184. The monoisotopic (exact) mass is 403 g/mol. The Hall–Kier alpha value is -2.91. The second-order valence-corrected chi connectivity index (χ2v) is 7.92. The Morgan fingerprint density at radius 1 is 0.929 bits per heavy atom. The number of benzene rings is 2. The number of nitrogens with zero attached hydrogens (tertiary/aromatic N) is 2. The second kappa shape index (κ2) is 7.99. The van der Waals surface area contributed by atoms with Gasteiger partial charge in [0.25, 0.3) is 11.8 Å². The van der Waals surface area contributed by atoms with Gasteiger partial charge in [0.05, 0.1) is 17.6 Å². The molecular formula is C19H21N3O5S. The van der Waals surface area contributed by atoms with E-state index in [9.17, 15) is 18.0 Å². The average Bonchev–Trinajstić information content (AvgIpc) is 2.72. The lowest BCUT2D eigenvalue weighted by Crippen LogP contribution is -2.50. The summed E-state index contributed by atoms with van der Waals surface area (Å²) in [6, 6.07) is 12.9. The van der Waals surface area contributed by atoms with Crippen LogP contribution in [0.3, 0.4) is 0 Å². The number of sulfonamides is 1. The lowest BCUT2D eigenvalue weighted by molar-refractivity contribution is 0.0533. The molecule has 8 nitrogen and oxygen atoms in total. The Bertz CT molecular complexity index is 984. The molecule has 0 saturated carbocycles. The molecule has 0 aromatic heterocycles. The number of rotatable bonds is 4. The van der Waals surface area contributed by atoms with Crippen LogP contribution in [0.15, 0.2) is 53.4 Å². The summed E-state index contributed by atoms with van der Waals surface area (Å²) in [6.45, 7) is 1.44. The predicted molar refractivity (Wildman–Crippen MR) is 103 cm³/mol. The minimum atomic E-state index is -3.94. The standard InChI is InChI=1S/C19H21N3O5S/c1-27-17-8-7-15(28(20,25)26)13-16(17)19(24)22-11-9-21(10-12-22)18(23)14-5-3-2-4-6-14/h2-8,13H,9-12H2,1H3,(H2,20,25,26). The molecular weight excluding hydrogens is 382 g/mol. The zero-order valence-corrected chi connectivity index (χ0v) is 16.2. The van der Waals surface area contributed by atoms with Gasteiger partial charge in [0.15, 0.2) is 0 Å². The van der Waals surface area contributed by atoms with E-state index >= 15 is 0 Å². The van der Waals surface area contributed by atoms with Gasteiger partial charge >= 0.3 is 0 Å². The summed E-state index contributed by atoms with van der Waals surface area (Å²) in [5.41, 5.74) is 0.724. The predicted octanol–water partition coefficient (Wildman–Crippen LogP) is 0.941. The van der Waals surface area contributed by atoms with Crippen LogP contribution in [0.4, 0.5) is 0 Å². The molecule has 0 unspecified atom stereocenters. The summed E-state index contributed by atoms with van der Waals surface area (Å²) in [6.07, 6.45) is 0. The number of carbonyl (C=O) groups excluding carboxylic acids is 2. The highest BCUT2D eigenvalue weighted by Crippen LogP contribution is 2.24. The Labute approximate surface area is 163 Å². The van der Waals surface area contributed by atoms with Crippen molar-refractivity contribution in [3.8, 4) is 5.75 Å². The molecule has 1 aliphatic rings. The van der Waals surface area contributed by atoms with Gasteiger partial charge in [0, 0.05) is 31.7 Å². The Morgan fingerprint density at radius 3 is 2.04 bits per heavy atom. The second-order valence-electron chi connectivity index (χ2n) is 6.36. The number of carbonyl (C=O) groups is 2. The maximum Gasteiger partial charge on any atom is 0.257 e. The highest BCUT2D eigenvalue weighted by atomic mass is 32.2. The van der Waals surface area contributed by atoms with E-state index < -0.39 is 10.0 Å². The van der Waals surface area contributed by atoms with Crippen LogP contribution in [-0.4, -0.2) is 63.3 Å². The molecule has 0 aliphatic carbocycles. The molecule has 3 rings (SSSR count). The van der Waals surface area contributed by atoms with Crippen molar-refractivity contribution >= 4 is 21.8 Å². The highest BCUT2D eigenvalue weighted by molar-refractivity contribution is 7.89. The van der Waals surface area contributed by atoms with E-state index in [1.165, 1.54) is 25.3 Å². The van der Waals surface area contributed by atoms with Gasteiger partial charge in [-0.15, -0.1) is 0 Å². The maximum absolute atomic E-state index is 12.9. The smallest absolute Gasteiger partial charge is 0.257 e. The molecule has 2 amide bonds. The molecule has 2 aromatic rings. The molecule has 0 bridgehead atoms. The van der Waals surface area contributed by atoms with Gasteiger partial charge in [-0.05, 0) is 30.3 Å². The van der Waals surface area contributed by atoms with Crippen LogP contribution in [0.25, 0.3) is 0 Å². The molecule has 1 aliphatic heterocycles. The van der Waals surface area contributed by atoms with Crippen molar-refractivity contribution in [2.24, 2.45) is 5.14 Å². The number of piperazine rings is 1. The van der Waals surface area contributed by atoms with Gasteiger partial charge in [-0.3, -0.25) is 9.59 Å². The number of ether oxygens (including phenoxy) is 1. The van der Waals surface area contributed by atoms with E-state index in [-0.39, 0.29) is 28.0 Å². The molecule has 2 aromatic carbocycles. The van der Waals surface area contributed by atoms with E-state index in [1.807, 2.05) is 6.07 Å². The van der Waals surface area contributed by atoms with Crippen LogP contribution >= 0.6 is 0 Å². The largest absolute Gasteiger partial charge is 0.496 e. The van der Waals surface area contributed by atoms with Crippen LogP contribution < -0.4 is 9.88 Å². The van der Waals surface area contributed by atoms with Crippen LogP contribution in [0.5, 0.6) is 5.75 Å². The fourth-order valence-electron chi connectivity index (χ4n) is 3.08. The molecule has 0 atom stereocenters. The molecule has 1 heterocycles. The number of nitrogens with two attached hydrogens (primary N) is 1. The van der Waals surface area contributed by atoms with Crippen molar-refractivity contribution in [2.45, 2.75) is 4.90 Å². The van der Waals surface area contributed by atoms with Crippen molar-refractivity contribution in [3.05, 3.63) is 59.7 Å². The zero-order chi connectivity index (χ0) is 20.3. The molecule has 1 saturated heterocycles. The third-order valence-corrected chi connectivity index (χ3v) is 5.52. The van der Waals surface area contributed by atoms with Crippen molar-refractivity contribution < 1.29 is 22.7 Å². The Balaban J connectivity index is 1.74. The SMILES string of the molecule is COc1ccc(S(N)(=O)=O)cc1C(=O)N1CCN(C(=O)c2ccccc2)CC1. The first kappa shape index (κ1) is 19.8. The fraction of sp³-hybridized carbons (Fsp3) is 0.263. The Morgan fingerprint density at radius 2 is 1.50 bits per heavy atom. The Kier molecular flexibility index (Phi) is 5.66. The maximum atomic E-state index is 12.9. The van der Waals surface area contributed by atoms with Crippen molar-refractivity contribution in [1.82, 2.24) is 9.80 Å². The average molecular weight is 403 g/mol. The lowest BCUT2D eigenvalue weighted by Gasteiger charge is -2.35. The minimum absolute atomic E-state index is 0.0819. The van der Waals surface area contributed by atoms with Crippen molar-refractivity contribution in [1.29, 1.82) is 0 Å². The summed E-state index contributed by atoms with van der Waals surface area (Å²) < 4.78 is 28.4. The number of methoxy groups -OCH3 is 1. The highest BCUT2D eigenvalue weighted by Gasteiger charge is 2.27. The van der Waals surface area contributed by atoms with Crippen LogP contribution in [0, 0.1) is 0 Å². The first-order valence-electron chi connectivity index (χ1n) is 8.65. The quantitative estimate of drug-likeness (QED) is 0.817. The summed E-state index contributed by atoms with van der Waals surface area (Å²) >= 11 is 0. The molecule has 28 heavy (non-hydrogen) atoms. The van der Waals surface area contributed by atoms with E-state index in [0.29, 0.717) is 31.7 Å². The third kappa shape index (κ3) is 4.15. The first-order chi connectivity index (χ1) is 13.3.